The number of urea groups is 2. The van der Waals surface area contributed by atoms with Gasteiger partial charge in [-0.2, -0.15) is 23.5 Å². The maximum atomic E-state index is 12.0. The second-order valence-corrected chi connectivity index (χ2v) is 13.8. The van der Waals surface area contributed by atoms with Crippen molar-refractivity contribution in [2.45, 2.75) is 86.0 Å². The van der Waals surface area contributed by atoms with Crippen LogP contribution in [0, 0.1) is 0 Å². The average Bonchev–Trinajstić information content (AvgIpc) is 3.74. The molecule has 13 nitrogen and oxygen atoms in total. The van der Waals surface area contributed by atoms with Gasteiger partial charge in [-0.15, -0.1) is 0 Å². The van der Waals surface area contributed by atoms with Crippen LogP contribution in [0.3, 0.4) is 0 Å². The topological polar surface area (TPSA) is 168 Å². The van der Waals surface area contributed by atoms with Crippen molar-refractivity contribution in [3.05, 3.63) is 0 Å². The van der Waals surface area contributed by atoms with Crippen LogP contribution in [0.5, 0.6) is 0 Å². The van der Waals surface area contributed by atoms with Crippen molar-refractivity contribution in [3.63, 3.8) is 0 Å². The molecule has 0 unspecified atom stereocenters. The Morgan fingerprint density at radius 1 is 0.628 bits per heavy atom. The third-order valence-electron chi connectivity index (χ3n) is 8.04. The molecular weight excluding hydrogens is 596 g/mol. The largest absolute Gasteiger partial charge is 0.377 e. The van der Waals surface area contributed by atoms with Crippen LogP contribution in [0.1, 0.15) is 51.4 Å². The Morgan fingerprint density at radius 2 is 1.05 bits per heavy atom. The molecule has 4 heterocycles. The second-order valence-electron chi connectivity index (χ2n) is 11.3. The molecule has 4 saturated heterocycles. The number of hydrogen-bond acceptors (Lipinski definition) is 9. The molecule has 0 bridgehead atoms. The second kappa shape index (κ2) is 18.8. The Labute approximate surface area is 262 Å². The van der Waals surface area contributed by atoms with Crippen molar-refractivity contribution in [3.8, 4) is 0 Å². The average molecular weight is 645 g/mol. The maximum Gasteiger partial charge on any atom is 0.315 e. The summed E-state index contributed by atoms with van der Waals surface area (Å²) in [5, 5.41) is 18.5. The molecule has 0 aliphatic carbocycles. The molecule has 0 aromatic heterocycles. The number of unbranched alkanes of at least 4 members (excludes halogenated alkanes) is 2. The van der Waals surface area contributed by atoms with Gasteiger partial charge in [0, 0.05) is 47.9 Å². The predicted octanol–water partition coefficient (Wildman–Crippen LogP) is 0.720. The fraction of sp³-hybridized carbons (Fsp3) is 0.857. The summed E-state index contributed by atoms with van der Waals surface area (Å²) < 4.78 is 16.5. The van der Waals surface area contributed by atoms with Gasteiger partial charge >= 0.3 is 12.1 Å². The van der Waals surface area contributed by atoms with E-state index in [1.807, 2.05) is 23.5 Å². The van der Waals surface area contributed by atoms with E-state index in [1.165, 1.54) is 0 Å². The molecule has 0 spiro atoms. The molecule has 4 aliphatic rings. The van der Waals surface area contributed by atoms with E-state index in [-0.39, 0.29) is 48.0 Å². The smallest absolute Gasteiger partial charge is 0.315 e. The Balaban J connectivity index is 0.838. The van der Waals surface area contributed by atoms with Gasteiger partial charge in [-0.05, 0) is 25.7 Å². The van der Waals surface area contributed by atoms with E-state index in [9.17, 15) is 19.2 Å². The van der Waals surface area contributed by atoms with Gasteiger partial charge in [0.15, 0.2) is 0 Å². The van der Waals surface area contributed by atoms with Crippen molar-refractivity contribution in [2.75, 3.05) is 64.2 Å². The third-order valence-corrected chi connectivity index (χ3v) is 11.1. The fourth-order valence-corrected chi connectivity index (χ4v) is 8.88. The first-order valence-electron chi connectivity index (χ1n) is 15.6. The van der Waals surface area contributed by atoms with E-state index in [0.717, 1.165) is 50.0 Å². The first-order valence-corrected chi connectivity index (χ1v) is 17.7. The Kier molecular flexibility index (Phi) is 14.8. The number of thioether (sulfide) groups is 2. The first kappa shape index (κ1) is 33.9. The molecule has 15 heteroatoms. The minimum absolute atomic E-state index is 0.0386. The molecule has 43 heavy (non-hydrogen) atoms. The number of nitrogens with one attached hydrogen (secondary N) is 6. The number of ether oxygens (including phenoxy) is 3. The Morgan fingerprint density at radius 3 is 1.49 bits per heavy atom. The highest BCUT2D eigenvalue weighted by molar-refractivity contribution is 8.00. The lowest BCUT2D eigenvalue weighted by atomic mass is 10.0. The van der Waals surface area contributed by atoms with Gasteiger partial charge < -0.3 is 46.1 Å². The van der Waals surface area contributed by atoms with Gasteiger partial charge in [-0.1, -0.05) is 12.8 Å². The van der Waals surface area contributed by atoms with Crippen LogP contribution < -0.4 is 31.9 Å². The number of amides is 6. The molecule has 0 aromatic carbocycles. The van der Waals surface area contributed by atoms with E-state index in [2.05, 4.69) is 31.9 Å². The minimum Gasteiger partial charge on any atom is -0.377 e. The molecule has 0 radical (unpaired) electrons. The lowest BCUT2D eigenvalue weighted by molar-refractivity contribution is -0.122. The molecule has 6 N–H and O–H groups in total. The molecule has 4 aliphatic heterocycles. The van der Waals surface area contributed by atoms with Crippen molar-refractivity contribution < 1.29 is 33.4 Å². The summed E-state index contributed by atoms with van der Waals surface area (Å²) in [5.41, 5.74) is 0. The summed E-state index contributed by atoms with van der Waals surface area (Å²) in [6.07, 6.45) is 6.65. The summed E-state index contributed by atoms with van der Waals surface area (Å²) in [6.45, 7) is 3.64. The van der Waals surface area contributed by atoms with Crippen LogP contribution in [0.4, 0.5) is 9.59 Å². The van der Waals surface area contributed by atoms with Gasteiger partial charge in [0.25, 0.3) is 0 Å². The van der Waals surface area contributed by atoms with Crippen LogP contribution >= 0.6 is 23.5 Å². The van der Waals surface area contributed by atoms with Crippen LogP contribution in [0.25, 0.3) is 0 Å². The Hall–Kier alpha value is -1.94. The van der Waals surface area contributed by atoms with Gasteiger partial charge in [-0.25, -0.2) is 9.59 Å². The minimum atomic E-state index is -0.0619. The normalized spacial score (nSPS) is 27.2. The Bertz CT molecular complexity index is 849. The van der Waals surface area contributed by atoms with Crippen LogP contribution in [-0.4, -0.2) is 123 Å². The molecule has 6 atom stereocenters. The standard InChI is InChI=1S/C28H48N6O7S2/c35-23(7-3-1-5-21-25-19(17-42-21)31-27(37)33-25)29-9-11-39-13-15-41-16-14-40-12-10-30-24(36)8-4-2-6-22-26-20(18-43-22)32-28(38)34-26/h19-22,25-26H,1-18H2,(H,29,35)(H,30,36)(H2,31,33,37)(H2,32,34,38)/t19-,20+,21-,22+,25-,26+. The number of carbonyl (C=O) groups excluding carboxylic acids is 4. The highest BCUT2D eigenvalue weighted by atomic mass is 32.2. The zero-order valence-electron chi connectivity index (χ0n) is 24.9. The molecule has 0 saturated carbocycles. The molecule has 6 amide bonds. The van der Waals surface area contributed by atoms with E-state index in [0.29, 0.717) is 76.1 Å². The summed E-state index contributed by atoms with van der Waals surface area (Å²) in [7, 11) is 0. The van der Waals surface area contributed by atoms with E-state index >= 15 is 0 Å². The van der Waals surface area contributed by atoms with Crippen LogP contribution in [-0.2, 0) is 23.8 Å². The summed E-state index contributed by atoms with van der Waals surface area (Å²) in [5.74, 6) is 1.99. The monoisotopic (exact) mass is 644 g/mol. The van der Waals surface area contributed by atoms with E-state index < -0.39 is 0 Å². The number of fused-ring (bicyclic) bond motifs is 2. The quantitative estimate of drug-likeness (QED) is 0.0735. The summed E-state index contributed by atoms with van der Waals surface area (Å²) in [6, 6.07) is 0.810. The highest BCUT2D eigenvalue weighted by Crippen LogP contribution is 2.34. The predicted molar refractivity (Wildman–Crippen MR) is 166 cm³/mol. The van der Waals surface area contributed by atoms with Gasteiger partial charge in [0.2, 0.25) is 11.8 Å². The molecule has 244 valence electrons. The fourth-order valence-electron chi connectivity index (χ4n) is 5.79. The van der Waals surface area contributed by atoms with E-state index in [1.54, 1.807) is 0 Å². The lowest BCUT2D eigenvalue weighted by Crippen LogP contribution is -2.36. The van der Waals surface area contributed by atoms with Crippen molar-refractivity contribution in [2.24, 2.45) is 0 Å². The first-order chi connectivity index (χ1) is 21.0. The molecule has 4 fully saturated rings. The van der Waals surface area contributed by atoms with E-state index in [4.69, 9.17) is 14.2 Å². The zero-order valence-corrected chi connectivity index (χ0v) is 26.5. The highest BCUT2D eigenvalue weighted by Gasteiger charge is 2.43. The van der Waals surface area contributed by atoms with Crippen LogP contribution in [0.2, 0.25) is 0 Å². The molecule has 4 rings (SSSR count). The SMILES string of the molecule is O=C(CCCC[C@@H]1SC[C@@H]2NC(=O)N[C@@H]21)NCCOCCOCCOCCNC(=O)CCCC[C@H]1SC[C@H]2NC(=O)N[C@H]21. The van der Waals surface area contributed by atoms with Gasteiger partial charge in [0.05, 0.1) is 63.8 Å². The molecular formula is C28H48N6O7S2. The molecule has 0 aromatic rings. The van der Waals surface area contributed by atoms with Crippen molar-refractivity contribution in [1.29, 1.82) is 0 Å². The van der Waals surface area contributed by atoms with Crippen molar-refractivity contribution in [1.82, 2.24) is 31.9 Å². The number of carbonyl (C=O) groups is 4. The zero-order chi connectivity index (χ0) is 30.3. The van der Waals surface area contributed by atoms with Crippen LogP contribution in [0.15, 0.2) is 0 Å². The third kappa shape index (κ3) is 11.8. The summed E-state index contributed by atoms with van der Waals surface area (Å²) in [4.78, 5) is 46.9. The maximum absolute atomic E-state index is 12.0. The van der Waals surface area contributed by atoms with Gasteiger partial charge in [-0.3, -0.25) is 9.59 Å². The number of rotatable bonds is 22. The summed E-state index contributed by atoms with van der Waals surface area (Å²) >= 11 is 3.80. The van der Waals surface area contributed by atoms with Gasteiger partial charge in [0.1, 0.15) is 0 Å². The lowest BCUT2D eigenvalue weighted by Gasteiger charge is -2.16. The number of hydrogen-bond donors (Lipinski definition) is 6. The van der Waals surface area contributed by atoms with Crippen molar-refractivity contribution >= 4 is 47.4 Å².